The van der Waals surface area contributed by atoms with E-state index in [1.165, 1.54) is 5.56 Å². The smallest absolute Gasteiger partial charge is 0.140 e. The normalized spacial score (nSPS) is 10.6. The SMILES string of the molecule is Cc1ccc(C)c(OCc2nc(CCN)cs2)c1. The maximum absolute atomic E-state index is 5.81. The van der Waals surface area contributed by atoms with Gasteiger partial charge in [-0.15, -0.1) is 11.3 Å². The Morgan fingerprint density at radius 3 is 2.94 bits per heavy atom. The Morgan fingerprint density at radius 2 is 2.17 bits per heavy atom. The van der Waals surface area contributed by atoms with Crippen LogP contribution in [0.3, 0.4) is 0 Å². The van der Waals surface area contributed by atoms with Crippen LogP contribution < -0.4 is 10.5 Å². The van der Waals surface area contributed by atoms with E-state index in [0.29, 0.717) is 13.2 Å². The lowest BCUT2D eigenvalue weighted by Crippen LogP contribution is -2.03. The van der Waals surface area contributed by atoms with E-state index in [0.717, 1.165) is 28.4 Å². The number of hydrogen-bond acceptors (Lipinski definition) is 4. The fraction of sp³-hybridized carbons (Fsp3) is 0.357. The summed E-state index contributed by atoms with van der Waals surface area (Å²) in [4.78, 5) is 4.48. The third kappa shape index (κ3) is 3.31. The van der Waals surface area contributed by atoms with Gasteiger partial charge in [0.1, 0.15) is 17.4 Å². The lowest BCUT2D eigenvalue weighted by molar-refractivity contribution is 0.303. The van der Waals surface area contributed by atoms with E-state index < -0.39 is 0 Å². The molecule has 0 bridgehead atoms. The molecule has 0 amide bonds. The number of aryl methyl sites for hydroxylation is 2. The van der Waals surface area contributed by atoms with Crippen molar-refractivity contribution >= 4 is 11.3 Å². The summed E-state index contributed by atoms with van der Waals surface area (Å²) >= 11 is 1.63. The first-order valence-corrected chi connectivity index (χ1v) is 6.90. The van der Waals surface area contributed by atoms with Crippen molar-refractivity contribution < 1.29 is 4.74 Å². The third-order valence-electron chi connectivity index (χ3n) is 2.69. The summed E-state index contributed by atoms with van der Waals surface area (Å²) in [5.41, 5.74) is 8.92. The van der Waals surface area contributed by atoms with Crippen LogP contribution in [-0.2, 0) is 13.0 Å². The summed E-state index contributed by atoms with van der Waals surface area (Å²) in [5, 5.41) is 3.05. The van der Waals surface area contributed by atoms with Gasteiger partial charge in [0.05, 0.1) is 5.69 Å². The molecule has 0 unspecified atom stereocenters. The quantitative estimate of drug-likeness (QED) is 0.901. The van der Waals surface area contributed by atoms with E-state index in [-0.39, 0.29) is 0 Å². The van der Waals surface area contributed by atoms with Crippen LogP contribution in [0.15, 0.2) is 23.6 Å². The molecule has 2 N–H and O–H groups in total. The molecule has 0 aliphatic carbocycles. The minimum Gasteiger partial charge on any atom is -0.486 e. The van der Waals surface area contributed by atoms with Gasteiger partial charge in [-0.2, -0.15) is 0 Å². The standard InChI is InChI=1S/C14H18N2OS/c1-10-3-4-11(2)13(7-10)17-8-14-16-12(5-6-15)9-18-14/h3-4,7,9H,5-6,8,15H2,1-2H3. The molecule has 0 saturated carbocycles. The third-order valence-corrected chi connectivity index (χ3v) is 3.57. The molecule has 0 saturated heterocycles. The fourth-order valence-corrected chi connectivity index (χ4v) is 2.42. The summed E-state index contributed by atoms with van der Waals surface area (Å²) in [7, 11) is 0. The Bertz CT molecular complexity index is 522. The lowest BCUT2D eigenvalue weighted by Gasteiger charge is -2.08. The van der Waals surface area contributed by atoms with Crippen molar-refractivity contribution in [3.63, 3.8) is 0 Å². The molecule has 4 heteroatoms. The number of nitrogens with two attached hydrogens (primary N) is 1. The van der Waals surface area contributed by atoms with Crippen LogP contribution in [0, 0.1) is 13.8 Å². The average molecular weight is 262 g/mol. The van der Waals surface area contributed by atoms with Gasteiger partial charge in [0, 0.05) is 11.8 Å². The zero-order valence-corrected chi connectivity index (χ0v) is 11.6. The Hall–Kier alpha value is -1.39. The Balaban J connectivity index is 1.99. The van der Waals surface area contributed by atoms with E-state index in [2.05, 4.69) is 42.4 Å². The van der Waals surface area contributed by atoms with Gasteiger partial charge >= 0.3 is 0 Å². The minimum absolute atomic E-state index is 0.527. The molecule has 0 spiro atoms. The van der Waals surface area contributed by atoms with Crippen molar-refractivity contribution in [2.45, 2.75) is 26.9 Å². The highest BCUT2D eigenvalue weighted by molar-refractivity contribution is 7.09. The number of nitrogens with zero attached hydrogens (tertiary/aromatic N) is 1. The van der Waals surface area contributed by atoms with Crippen molar-refractivity contribution in [1.29, 1.82) is 0 Å². The van der Waals surface area contributed by atoms with Gasteiger partial charge in [-0.1, -0.05) is 12.1 Å². The van der Waals surface area contributed by atoms with Crippen LogP contribution in [0.2, 0.25) is 0 Å². The first kappa shape index (κ1) is 13.1. The fourth-order valence-electron chi connectivity index (χ4n) is 1.68. The van der Waals surface area contributed by atoms with E-state index in [9.17, 15) is 0 Å². The molecule has 1 aromatic heterocycles. The maximum Gasteiger partial charge on any atom is 0.140 e. The van der Waals surface area contributed by atoms with Crippen LogP contribution >= 0.6 is 11.3 Å². The van der Waals surface area contributed by atoms with Crippen molar-refractivity contribution in [2.75, 3.05) is 6.54 Å². The minimum atomic E-state index is 0.527. The van der Waals surface area contributed by atoms with Crippen LogP contribution in [-0.4, -0.2) is 11.5 Å². The molecule has 18 heavy (non-hydrogen) atoms. The molecule has 0 fully saturated rings. The number of thiazole rings is 1. The molecule has 96 valence electrons. The second-order valence-corrected chi connectivity index (χ2v) is 5.27. The number of ether oxygens (including phenoxy) is 1. The van der Waals surface area contributed by atoms with Crippen molar-refractivity contribution in [2.24, 2.45) is 5.73 Å². The van der Waals surface area contributed by atoms with Crippen LogP contribution in [0.4, 0.5) is 0 Å². The predicted molar refractivity (Wildman–Crippen MR) is 75.1 cm³/mol. The van der Waals surface area contributed by atoms with Crippen molar-refractivity contribution in [1.82, 2.24) is 4.98 Å². The molecule has 0 radical (unpaired) electrons. The maximum atomic E-state index is 5.81. The monoisotopic (exact) mass is 262 g/mol. The van der Waals surface area contributed by atoms with E-state index in [1.54, 1.807) is 11.3 Å². The second-order valence-electron chi connectivity index (χ2n) is 4.33. The summed E-state index contributed by atoms with van der Waals surface area (Å²) in [6.45, 7) is 5.28. The van der Waals surface area contributed by atoms with E-state index in [4.69, 9.17) is 10.5 Å². The van der Waals surface area contributed by atoms with Gasteiger partial charge in [0.25, 0.3) is 0 Å². The highest BCUT2D eigenvalue weighted by atomic mass is 32.1. The second kappa shape index (κ2) is 5.98. The Labute approximate surface area is 112 Å². The number of rotatable bonds is 5. The molecule has 0 aliphatic rings. The summed E-state index contributed by atoms with van der Waals surface area (Å²) in [6, 6.07) is 6.22. The zero-order valence-electron chi connectivity index (χ0n) is 10.8. The van der Waals surface area contributed by atoms with Crippen LogP contribution in [0.25, 0.3) is 0 Å². The zero-order chi connectivity index (χ0) is 13.0. The summed E-state index contributed by atoms with van der Waals surface area (Å²) in [5.74, 6) is 0.936. The number of aromatic nitrogens is 1. The van der Waals surface area contributed by atoms with Gasteiger partial charge in [-0.25, -0.2) is 4.98 Å². The molecule has 2 rings (SSSR count). The van der Waals surface area contributed by atoms with Gasteiger partial charge in [0.2, 0.25) is 0 Å². The predicted octanol–water partition coefficient (Wildman–Crippen LogP) is 2.84. The molecule has 3 nitrogen and oxygen atoms in total. The molecular weight excluding hydrogens is 244 g/mol. The topological polar surface area (TPSA) is 48.1 Å². The first-order chi connectivity index (χ1) is 8.69. The number of hydrogen-bond donors (Lipinski definition) is 1. The number of benzene rings is 1. The Morgan fingerprint density at radius 1 is 1.33 bits per heavy atom. The summed E-state index contributed by atoms with van der Waals surface area (Å²) in [6.07, 6.45) is 0.833. The molecule has 0 aliphatic heterocycles. The largest absolute Gasteiger partial charge is 0.486 e. The highest BCUT2D eigenvalue weighted by Gasteiger charge is 2.04. The first-order valence-electron chi connectivity index (χ1n) is 6.02. The van der Waals surface area contributed by atoms with Gasteiger partial charge in [0.15, 0.2) is 0 Å². The van der Waals surface area contributed by atoms with Crippen LogP contribution in [0.1, 0.15) is 21.8 Å². The van der Waals surface area contributed by atoms with E-state index in [1.807, 2.05) is 0 Å². The Kier molecular flexibility index (Phi) is 4.33. The van der Waals surface area contributed by atoms with Gasteiger partial charge in [-0.05, 0) is 37.6 Å². The van der Waals surface area contributed by atoms with Crippen molar-refractivity contribution in [3.05, 3.63) is 45.4 Å². The highest BCUT2D eigenvalue weighted by Crippen LogP contribution is 2.21. The molecule has 2 aromatic rings. The van der Waals surface area contributed by atoms with Gasteiger partial charge < -0.3 is 10.5 Å². The van der Waals surface area contributed by atoms with Crippen LogP contribution in [0.5, 0.6) is 5.75 Å². The van der Waals surface area contributed by atoms with Gasteiger partial charge in [-0.3, -0.25) is 0 Å². The molecule has 1 aromatic carbocycles. The van der Waals surface area contributed by atoms with E-state index >= 15 is 0 Å². The molecule has 0 atom stereocenters. The average Bonchev–Trinajstić information content (AvgIpc) is 2.79. The van der Waals surface area contributed by atoms with Crippen molar-refractivity contribution in [3.8, 4) is 5.75 Å². The molecule has 1 heterocycles. The lowest BCUT2D eigenvalue weighted by atomic mass is 10.1. The molecular formula is C14H18N2OS. The summed E-state index contributed by atoms with van der Waals surface area (Å²) < 4.78 is 5.81.